The predicted molar refractivity (Wildman–Crippen MR) is 126 cm³/mol. The standard InChI is InChI=1S/C25H24N4O6/c1-35-24(32)25(21-16(12-13-26-25)15-7-2-4-10-19(15)27-21)18-9-6-14-28(23(18)31)22(30)17-8-3-5-11-20(17)29(33)34/h2-5,7-8,10-11,18,26-27H,6,9,12-14H2,1H3/t18-,25+/m0/s1. The molecule has 0 radical (unpaired) electrons. The normalized spacial score (nSPS) is 22.0. The molecule has 180 valence electrons. The summed E-state index contributed by atoms with van der Waals surface area (Å²) in [7, 11) is 1.27. The van der Waals surface area contributed by atoms with E-state index in [0.29, 0.717) is 31.5 Å². The van der Waals surface area contributed by atoms with Crippen LogP contribution < -0.4 is 5.32 Å². The number of aromatic amines is 1. The number of carbonyl (C=O) groups is 3. The number of nitrogens with zero attached hydrogens (tertiary/aromatic N) is 2. The topological polar surface area (TPSA) is 135 Å². The first-order valence-corrected chi connectivity index (χ1v) is 11.4. The van der Waals surface area contributed by atoms with E-state index in [1.165, 1.54) is 31.4 Å². The maximum atomic E-state index is 13.8. The van der Waals surface area contributed by atoms with Crippen molar-refractivity contribution in [1.29, 1.82) is 0 Å². The van der Waals surface area contributed by atoms with Crippen LogP contribution in [0.3, 0.4) is 0 Å². The number of aromatic nitrogens is 1. The number of fused-ring (bicyclic) bond motifs is 3. The van der Waals surface area contributed by atoms with Crippen LogP contribution >= 0.6 is 0 Å². The zero-order valence-electron chi connectivity index (χ0n) is 19.1. The van der Waals surface area contributed by atoms with Crippen LogP contribution in [0.5, 0.6) is 0 Å². The number of para-hydroxylation sites is 2. The summed E-state index contributed by atoms with van der Waals surface area (Å²) >= 11 is 0. The molecule has 2 aliphatic rings. The molecule has 10 nitrogen and oxygen atoms in total. The molecule has 2 aliphatic heterocycles. The molecule has 5 rings (SSSR count). The fourth-order valence-corrected chi connectivity index (χ4v) is 5.48. The van der Waals surface area contributed by atoms with Crippen LogP contribution in [0.4, 0.5) is 5.69 Å². The lowest BCUT2D eigenvalue weighted by Crippen LogP contribution is -2.63. The molecule has 0 unspecified atom stereocenters. The number of hydrogen-bond acceptors (Lipinski definition) is 7. The minimum atomic E-state index is -1.51. The summed E-state index contributed by atoms with van der Waals surface area (Å²) in [6, 6.07) is 13.2. The van der Waals surface area contributed by atoms with Gasteiger partial charge < -0.3 is 9.72 Å². The lowest BCUT2D eigenvalue weighted by Gasteiger charge is -2.44. The fraction of sp³-hybridized carbons (Fsp3) is 0.320. The molecular weight excluding hydrogens is 452 g/mol. The van der Waals surface area contributed by atoms with Crippen LogP contribution in [0.25, 0.3) is 10.9 Å². The van der Waals surface area contributed by atoms with Crippen LogP contribution in [-0.4, -0.2) is 52.8 Å². The van der Waals surface area contributed by atoms with Crippen molar-refractivity contribution in [2.24, 2.45) is 5.92 Å². The van der Waals surface area contributed by atoms with Gasteiger partial charge in [0.05, 0.1) is 23.6 Å². The fourth-order valence-electron chi connectivity index (χ4n) is 5.48. The number of nitrogens with one attached hydrogen (secondary N) is 2. The third kappa shape index (κ3) is 3.40. The van der Waals surface area contributed by atoms with Gasteiger partial charge in [-0.15, -0.1) is 0 Å². The molecule has 2 aromatic carbocycles. The van der Waals surface area contributed by atoms with E-state index in [4.69, 9.17) is 4.74 Å². The van der Waals surface area contributed by atoms with Crippen molar-refractivity contribution in [2.75, 3.05) is 20.2 Å². The number of ether oxygens (including phenoxy) is 1. The number of carbonyl (C=O) groups excluding carboxylic acids is 3. The number of esters is 1. The molecule has 35 heavy (non-hydrogen) atoms. The highest BCUT2D eigenvalue weighted by atomic mass is 16.6. The number of hydrogen-bond donors (Lipinski definition) is 2. The van der Waals surface area contributed by atoms with E-state index >= 15 is 0 Å². The van der Waals surface area contributed by atoms with Gasteiger partial charge in [0.2, 0.25) is 5.91 Å². The van der Waals surface area contributed by atoms with Crippen LogP contribution in [-0.2, 0) is 26.3 Å². The number of imide groups is 1. The number of amides is 2. The molecule has 0 bridgehead atoms. The van der Waals surface area contributed by atoms with E-state index in [9.17, 15) is 24.5 Å². The van der Waals surface area contributed by atoms with E-state index in [0.717, 1.165) is 21.4 Å². The highest BCUT2D eigenvalue weighted by Crippen LogP contribution is 2.43. The largest absolute Gasteiger partial charge is 0.467 e. The van der Waals surface area contributed by atoms with E-state index < -0.39 is 34.2 Å². The van der Waals surface area contributed by atoms with E-state index in [1.54, 1.807) is 0 Å². The molecule has 3 aromatic rings. The van der Waals surface area contributed by atoms with Gasteiger partial charge in [0, 0.05) is 30.1 Å². The van der Waals surface area contributed by atoms with Crippen molar-refractivity contribution in [3.05, 3.63) is 75.5 Å². The zero-order chi connectivity index (χ0) is 24.7. The molecule has 0 aliphatic carbocycles. The highest BCUT2D eigenvalue weighted by Gasteiger charge is 2.57. The Kier molecular flexibility index (Phi) is 5.60. The van der Waals surface area contributed by atoms with Crippen molar-refractivity contribution < 1.29 is 24.0 Å². The second-order valence-corrected chi connectivity index (χ2v) is 8.76. The Hall–Kier alpha value is -4.05. The molecule has 0 saturated carbocycles. The Balaban J connectivity index is 1.60. The molecule has 2 N–H and O–H groups in total. The summed E-state index contributed by atoms with van der Waals surface area (Å²) < 4.78 is 5.21. The lowest BCUT2D eigenvalue weighted by atomic mass is 9.72. The first-order valence-electron chi connectivity index (χ1n) is 11.4. The smallest absolute Gasteiger partial charge is 0.333 e. The van der Waals surface area contributed by atoms with Gasteiger partial charge in [-0.1, -0.05) is 30.3 Å². The van der Waals surface area contributed by atoms with Gasteiger partial charge in [-0.2, -0.15) is 0 Å². The first kappa shape index (κ1) is 22.7. The second-order valence-electron chi connectivity index (χ2n) is 8.76. The minimum Gasteiger partial charge on any atom is -0.467 e. The van der Waals surface area contributed by atoms with E-state index in [-0.39, 0.29) is 17.8 Å². The van der Waals surface area contributed by atoms with Gasteiger partial charge in [-0.3, -0.25) is 29.9 Å². The average molecular weight is 476 g/mol. The predicted octanol–water partition coefficient (Wildman–Crippen LogP) is 2.67. The maximum Gasteiger partial charge on any atom is 0.333 e. The summed E-state index contributed by atoms with van der Waals surface area (Å²) in [6.07, 6.45) is 1.44. The van der Waals surface area contributed by atoms with Crippen molar-refractivity contribution in [3.8, 4) is 0 Å². The van der Waals surface area contributed by atoms with E-state index in [1.807, 2.05) is 24.3 Å². The van der Waals surface area contributed by atoms with Gasteiger partial charge in [0.15, 0.2) is 5.54 Å². The second kappa shape index (κ2) is 8.62. The van der Waals surface area contributed by atoms with Gasteiger partial charge in [0.1, 0.15) is 5.56 Å². The third-order valence-electron chi connectivity index (χ3n) is 7.03. The van der Waals surface area contributed by atoms with E-state index in [2.05, 4.69) is 10.3 Å². The van der Waals surface area contributed by atoms with Crippen LogP contribution in [0, 0.1) is 16.0 Å². The number of benzene rings is 2. The van der Waals surface area contributed by atoms with Crippen LogP contribution in [0.1, 0.15) is 34.5 Å². The SMILES string of the molecule is COC(=O)[C@]1([C@H]2CCCN(C(=O)c3ccccc3[N+](=O)[O-])C2=O)NCCc2c1[nH]c1ccccc21. The molecule has 1 saturated heterocycles. The Labute approximate surface area is 200 Å². The van der Waals surface area contributed by atoms with Gasteiger partial charge >= 0.3 is 5.97 Å². The lowest BCUT2D eigenvalue weighted by molar-refractivity contribution is -0.385. The van der Waals surface area contributed by atoms with Gasteiger partial charge in [0.25, 0.3) is 11.6 Å². The summed E-state index contributed by atoms with van der Waals surface area (Å²) in [5.41, 5.74) is 0.283. The molecule has 2 amide bonds. The van der Waals surface area contributed by atoms with Crippen molar-refractivity contribution in [1.82, 2.24) is 15.2 Å². The number of likely N-dealkylation sites (tertiary alicyclic amines) is 1. The average Bonchev–Trinajstić information content (AvgIpc) is 3.27. The quantitative estimate of drug-likeness (QED) is 0.256. The molecule has 2 atom stereocenters. The minimum absolute atomic E-state index is 0.108. The maximum absolute atomic E-state index is 13.8. The van der Waals surface area contributed by atoms with Crippen LogP contribution in [0.15, 0.2) is 48.5 Å². The summed E-state index contributed by atoms with van der Waals surface area (Å²) in [5.74, 6) is -2.88. The molecule has 3 heterocycles. The molecule has 1 aromatic heterocycles. The summed E-state index contributed by atoms with van der Waals surface area (Å²) in [5, 5.41) is 15.7. The summed E-state index contributed by atoms with van der Waals surface area (Å²) in [6.45, 7) is 0.545. The number of nitro groups is 1. The van der Waals surface area contributed by atoms with Crippen molar-refractivity contribution >= 4 is 34.4 Å². The molecule has 0 spiro atoms. The monoisotopic (exact) mass is 476 g/mol. The highest BCUT2D eigenvalue weighted by molar-refractivity contribution is 6.09. The van der Waals surface area contributed by atoms with Gasteiger partial charge in [-0.05, 0) is 37.0 Å². The number of methoxy groups -OCH3 is 1. The zero-order valence-corrected chi connectivity index (χ0v) is 19.1. The third-order valence-corrected chi connectivity index (χ3v) is 7.03. The van der Waals surface area contributed by atoms with Gasteiger partial charge in [-0.25, -0.2) is 4.79 Å². The summed E-state index contributed by atoms with van der Waals surface area (Å²) in [4.78, 5) is 55.8. The Morgan fingerprint density at radius 3 is 2.69 bits per heavy atom. The Morgan fingerprint density at radius 1 is 1.17 bits per heavy atom. The molecule has 10 heteroatoms. The number of rotatable bonds is 4. The number of piperidine rings is 1. The number of H-pyrrole nitrogens is 1. The van der Waals surface area contributed by atoms with Crippen molar-refractivity contribution in [2.45, 2.75) is 24.8 Å². The molecule has 1 fully saturated rings. The first-order chi connectivity index (χ1) is 16.9. The molecular formula is C25H24N4O6. The van der Waals surface area contributed by atoms with Crippen molar-refractivity contribution in [3.63, 3.8) is 0 Å². The number of nitro benzene ring substituents is 1. The Morgan fingerprint density at radius 2 is 1.91 bits per heavy atom. The van der Waals surface area contributed by atoms with Crippen LogP contribution in [0.2, 0.25) is 0 Å². The Bertz CT molecular complexity index is 1360.